The second-order valence-electron chi connectivity index (χ2n) is 7.25. The number of carbonyl (C=O) groups is 4. The van der Waals surface area contributed by atoms with Crippen LogP contribution in [-0.2, 0) is 38.1 Å². The highest BCUT2D eigenvalue weighted by Gasteiger charge is 2.10. The molecule has 12 nitrogen and oxygen atoms in total. The summed E-state index contributed by atoms with van der Waals surface area (Å²) in [6.07, 6.45) is 2.56. The molecule has 1 atom stereocenters. The van der Waals surface area contributed by atoms with Crippen LogP contribution in [0.4, 0.5) is 0 Å². The lowest BCUT2D eigenvalue weighted by Crippen LogP contribution is -2.31. The van der Waals surface area contributed by atoms with Gasteiger partial charge in [0.25, 0.3) is 0 Å². The van der Waals surface area contributed by atoms with Crippen molar-refractivity contribution in [2.24, 2.45) is 5.73 Å². The Labute approximate surface area is 194 Å². The molecule has 0 saturated heterocycles. The molecule has 5 N–H and O–H groups in total. The molecule has 0 aromatic rings. The van der Waals surface area contributed by atoms with Crippen LogP contribution >= 0.6 is 0 Å². The number of carboxylic acid groups (broad SMARTS) is 1. The monoisotopic (exact) mass is 477 g/mol. The maximum absolute atomic E-state index is 11.7. The molecular weight excluding hydrogens is 438 g/mol. The molecule has 33 heavy (non-hydrogen) atoms. The Bertz CT molecular complexity index is 561. The van der Waals surface area contributed by atoms with Crippen molar-refractivity contribution in [2.45, 2.75) is 45.1 Å². The van der Waals surface area contributed by atoms with Crippen LogP contribution in [0.2, 0.25) is 0 Å². The van der Waals surface area contributed by atoms with Crippen molar-refractivity contribution in [1.82, 2.24) is 10.6 Å². The number of hydrogen-bond donors (Lipinski definition) is 4. The summed E-state index contributed by atoms with van der Waals surface area (Å²) in [7, 11) is 0. The fourth-order valence-electron chi connectivity index (χ4n) is 2.43. The Morgan fingerprint density at radius 2 is 1.42 bits per heavy atom. The highest BCUT2D eigenvalue weighted by atomic mass is 16.5. The van der Waals surface area contributed by atoms with Crippen LogP contribution in [0.15, 0.2) is 0 Å². The quantitative estimate of drug-likeness (QED) is 0.137. The van der Waals surface area contributed by atoms with Gasteiger partial charge in [0.2, 0.25) is 11.8 Å². The number of Topliss-reactive ketones (excluding diaryl/α,β-unsaturated/α-hetero) is 1. The molecule has 0 aliphatic carbocycles. The third-order valence-corrected chi connectivity index (χ3v) is 4.19. The van der Waals surface area contributed by atoms with Gasteiger partial charge in [0.1, 0.15) is 19.3 Å². The van der Waals surface area contributed by atoms with Crippen molar-refractivity contribution < 1.29 is 43.2 Å². The van der Waals surface area contributed by atoms with E-state index in [0.29, 0.717) is 78.2 Å². The van der Waals surface area contributed by atoms with Crippen molar-refractivity contribution in [2.75, 3.05) is 65.9 Å². The highest BCUT2D eigenvalue weighted by molar-refractivity contribution is 5.79. The normalized spacial score (nSPS) is 11.7. The standard InChI is InChI=1S/C21H39N3O9/c1-17(25)23-8-10-31-12-13-32-15-18(26)5-4-9-30-11-14-33-16-20(27)24-7-3-2-6-19(22)21(28)29/h19H,2-16,22H2,1H3,(H,23,25)(H,24,27)(H,28,29)/t19-/m0/s1. The van der Waals surface area contributed by atoms with E-state index >= 15 is 0 Å². The van der Waals surface area contributed by atoms with Gasteiger partial charge in [0, 0.05) is 33.0 Å². The maximum atomic E-state index is 11.7. The summed E-state index contributed by atoms with van der Waals surface area (Å²) in [6, 6.07) is -0.866. The zero-order valence-electron chi connectivity index (χ0n) is 19.5. The number of nitrogens with two attached hydrogens (primary N) is 1. The molecule has 0 unspecified atom stereocenters. The van der Waals surface area contributed by atoms with E-state index in [9.17, 15) is 19.2 Å². The van der Waals surface area contributed by atoms with Crippen LogP contribution in [0, 0.1) is 0 Å². The lowest BCUT2D eigenvalue weighted by molar-refractivity contribution is -0.138. The molecule has 0 fully saturated rings. The second kappa shape index (κ2) is 21.7. The van der Waals surface area contributed by atoms with Gasteiger partial charge in [-0.15, -0.1) is 0 Å². The first-order chi connectivity index (χ1) is 15.8. The average Bonchev–Trinajstić information content (AvgIpc) is 2.76. The molecule has 0 aromatic carbocycles. The Morgan fingerprint density at radius 3 is 2.09 bits per heavy atom. The van der Waals surface area contributed by atoms with Crippen LogP contribution < -0.4 is 16.4 Å². The maximum Gasteiger partial charge on any atom is 0.320 e. The first-order valence-electron chi connectivity index (χ1n) is 11.1. The van der Waals surface area contributed by atoms with Crippen molar-refractivity contribution in [1.29, 1.82) is 0 Å². The molecule has 0 saturated carbocycles. The van der Waals surface area contributed by atoms with Crippen molar-refractivity contribution in [3.63, 3.8) is 0 Å². The van der Waals surface area contributed by atoms with Gasteiger partial charge in [-0.2, -0.15) is 0 Å². The molecular formula is C21H39N3O9. The Balaban J connectivity index is 3.34. The number of hydrogen-bond acceptors (Lipinski definition) is 9. The van der Waals surface area contributed by atoms with Crippen LogP contribution in [0.5, 0.6) is 0 Å². The number of carbonyl (C=O) groups excluding carboxylic acids is 3. The summed E-state index contributed by atoms with van der Waals surface area (Å²) in [4.78, 5) is 44.5. The lowest BCUT2D eigenvalue weighted by atomic mass is 10.1. The fourth-order valence-corrected chi connectivity index (χ4v) is 2.43. The van der Waals surface area contributed by atoms with Crippen molar-refractivity contribution in [3.8, 4) is 0 Å². The van der Waals surface area contributed by atoms with E-state index in [1.54, 1.807) is 0 Å². The molecule has 0 bridgehead atoms. The van der Waals surface area contributed by atoms with E-state index in [4.69, 9.17) is 29.8 Å². The van der Waals surface area contributed by atoms with E-state index in [-0.39, 0.29) is 37.4 Å². The lowest BCUT2D eigenvalue weighted by Gasteiger charge is -2.08. The summed E-state index contributed by atoms with van der Waals surface area (Å²) in [5, 5.41) is 14.0. The van der Waals surface area contributed by atoms with E-state index in [2.05, 4.69) is 10.6 Å². The molecule has 12 heteroatoms. The number of rotatable bonds is 23. The van der Waals surface area contributed by atoms with Crippen molar-refractivity contribution in [3.05, 3.63) is 0 Å². The topological polar surface area (TPSA) is 176 Å². The molecule has 0 spiro atoms. The fraction of sp³-hybridized carbons (Fsp3) is 0.810. The van der Waals surface area contributed by atoms with Crippen molar-refractivity contribution >= 4 is 23.6 Å². The number of unbranched alkanes of at least 4 members (excludes halogenated alkanes) is 1. The summed E-state index contributed by atoms with van der Waals surface area (Å²) in [5.41, 5.74) is 5.39. The van der Waals surface area contributed by atoms with Gasteiger partial charge in [0.15, 0.2) is 5.78 Å². The predicted octanol–water partition coefficient (Wildman–Crippen LogP) is -0.763. The number of ketones is 1. The molecule has 0 heterocycles. The minimum absolute atomic E-state index is 0.0188. The molecule has 0 aromatic heterocycles. The van der Waals surface area contributed by atoms with E-state index in [1.165, 1.54) is 6.92 Å². The first-order valence-corrected chi connectivity index (χ1v) is 11.1. The van der Waals surface area contributed by atoms with Crippen LogP contribution in [0.25, 0.3) is 0 Å². The third-order valence-electron chi connectivity index (χ3n) is 4.19. The van der Waals surface area contributed by atoms with Crippen LogP contribution in [0.3, 0.4) is 0 Å². The Hall–Kier alpha value is -2.12. The summed E-state index contributed by atoms with van der Waals surface area (Å²) >= 11 is 0. The molecule has 0 aliphatic heterocycles. The number of aliphatic carboxylic acids is 1. The molecule has 2 amide bonds. The molecule has 0 radical (unpaired) electrons. The zero-order valence-corrected chi connectivity index (χ0v) is 19.5. The third kappa shape index (κ3) is 22.9. The van der Waals surface area contributed by atoms with E-state index < -0.39 is 12.0 Å². The van der Waals surface area contributed by atoms with Gasteiger partial charge < -0.3 is 40.4 Å². The number of ether oxygens (including phenoxy) is 4. The summed E-state index contributed by atoms with van der Waals surface area (Å²) in [6.45, 7) is 4.33. The summed E-state index contributed by atoms with van der Waals surface area (Å²) < 4.78 is 21.0. The number of carboxylic acids is 1. The highest BCUT2D eigenvalue weighted by Crippen LogP contribution is 1.98. The van der Waals surface area contributed by atoms with Gasteiger partial charge in [-0.05, 0) is 25.7 Å². The number of nitrogens with one attached hydrogen (secondary N) is 2. The van der Waals surface area contributed by atoms with Gasteiger partial charge in [-0.25, -0.2) is 0 Å². The van der Waals surface area contributed by atoms with Gasteiger partial charge in [0.05, 0.1) is 33.0 Å². The average molecular weight is 478 g/mol. The van der Waals surface area contributed by atoms with E-state index in [1.807, 2.05) is 0 Å². The predicted molar refractivity (Wildman–Crippen MR) is 119 cm³/mol. The SMILES string of the molecule is CC(=O)NCCOCCOCC(=O)CCCOCCOCC(=O)NCCCC[C@H](N)C(=O)O. The van der Waals surface area contributed by atoms with Gasteiger partial charge >= 0.3 is 5.97 Å². The molecule has 192 valence electrons. The van der Waals surface area contributed by atoms with Crippen LogP contribution in [0.1, 0.15) is 39.0 Å². The molecule has 0 aliphatic rings. The first kappa shape index (κ1) is 30.9. The Kier molecular flexibility index (Phi) is 20.3. The largest absolute Gasteiger partial charge is 0.480 e. The van der Waals surface area contributed by atoms with Gasteiger partial charge in [-0.1, -0.05) is 0 Å². The van der Waals surface area contributed by atoms with Crippen LogP contribution in [-0.4, -0.2) is 101 Å². The zero-order chi connectivity index (χ0) is 24.7. The Morgan fingerprint density at radius 1 is 0.788 bits per heavy atom. The second-order valence-corrected chi connectivity index (χ2v) is 7.25. The minimum atomic E-state index is -1.02. The summed E-state index contributed by atoms with van der Waals surface area (Å²) in [5.74, 6) is -1.40. The minimum Gasteiger partial charge on any atom is -0.480 e. The smallest absolute Gasteiger partial charge is 0.320 e. The molecule has 0 rings (SSSR count). The van der Waals surface area contributed by atoms with Gasteiger partial charge in [-0.3, -0.25) is 19.2 Å². The number of amides is 2. The van der Waals surface area contributed by atoms with E-state index in [0.717, 1.165) is 0 Å².